The van der Waals surface area contributed by atoms with Crippen molar-refractivity contribution in [3.8, 4) is 11.5 Å². The van der Waals surface area contributed by atoms with Crippen LogP contribution in [0.15, 0.2) is 40.8 Å². The number of aliphatic hydroxyl groups is 1. The number of halogens is 1. The van der Waals surface area contributed by atoms with Crippen molar-refractivity contribution in [3.05, 3.63) is 52.9 Å². The number of hydrogen-bond acceptors (Lipinski definition) is 10. The van der Waals surface area contributed by atoms with Crippen LogP contribution in [0, 0.1) is 11.8 Å². The van der Waals surface area contributed by atoms with Gasteiger partial charge in [-0.1, -0.05) is 48.9 Å². The summed E-state index contributed by atoms with van der Waals surface area (Å²) in [6.45, 7) is 5.03. The number of anilines is 2. The highest BCUT2D eigenvalue weighted by Gasteiger charge is 2.36. The number of nitrogens with zero attached hydrogens (tertiary/aromatic N) is 5. The molecule has 1 aromatic carbocycles. The van der Waals surface area contributed by atoms with E-state index in [0.29, 0.717) is 49.3 Å². The number of sulfonamides is 1. The quantitative estimate of drug-likeness (QED) is 0.286. The van der Waals surface area contributed by atoms with Crippen LogP contribution in [0.4, 0.5) is 11.6 Å². The molecule has 0 aliphatic heterocycles. The molecule has 0 radical (unpaired) electrons. The molecule has 0 saturated heterocycles. The van der Waals surface area contributed by atoms with E-state index in [9.17, 15) is 13.5 Å². The Hall–Kier alpha value is -2.77. The first-order chi connectivity index (χ1) is 18.9. The lowest BCUT2D eigenvalue weighted by Crippen LogP contribution is -2.35. The third-order valence-electron chi connectivity index (χ3n) is 7.04. The fraction of sp³-hybridized carbons (Fsp3) is 0.519. The molecule has 3 N–H and O–H groups in total. The fourth-order valence-electron chi connectivity index (χ4n) is 4.60. The summed E-state index contributed by atoms with van der Waals surface area (Å²) >= 11 is 6.80. The molecule has 0 bridgehead atoms. The molecule has 3 aromatic rings. The highest BCUT2D eigenvalue weighted by Crippen LogP contribution is 2.41. The maximum Gasteiger partial charge on any atom is 0.249 e. The standard InChI is InChI=1S/C27H37ClN6O5S/c1-18-14-20(18)17-33(11-13-38-3)22-15-21(23(28)24(30-22)34(10-12-35)40(4,36)37)25-31-32-26(39-25)27(2,29)16-19-8-6-5-7-9-19/h5-9,15,18,20,35H,10-14,16-17,29H2,1-4H3/t18?,20?,27-/m1/s1. The van der Waals surface area contributed by atoms with Gasteiger partial charge in [0.05, 0.1) is 42.1 Å². The van der Waals surface area contributed by atoms with Crippen molar-refractivity contribution in [2.75, 3.05) is 55.4 Å². The molecule has 40 heavy (non-hydrogen) atoms. The zero-order chi connectivity index (χ0) is 29.1. The van der Waals surface area contributed by atoms with E-state index < -0.39 is 22.2 Å². The van der Waals surface area contributed by atoms with Gasteiger partial charge in [0.2, 0.25) is 21.8 Å². The third kappa shape index (κ3) is 7.10. The maximum atomic E-state index is 12.7. The van der Waals surface area contributed by atoms with Crippen LogP contribution in [0.2, 0.25) is 5.02 Å². The van der Waals surface area contributed by atoms with Crippen LogP contribution in [0.3, 0.4) is 0 Å². The molecule has 218 valence electrons. The Morgan fingerprint density at radius 1 is 1.25 bits per heavy atom. The number of hydrogen-bond donors (Lipinski definition) is 2. The Morgan fingerprint density at radius 3 is 2.55 bits per heavy atom. The second kappa shape index (κ2) is 12.4. The minimum atomic E-state index is -3.84. The lowest BCUT2D eigenvalue weighted by molar-refractivity contribution is 0.204. The molecule has 1 aliphatic carbocycles. The molecule has 4 rings (SSSR count). The minimum absolute atomic E-state index is 0.00564. The van der Waals surface area contributed by atoms with E-state index in [1.54, 1.807) is 20.1 Å². The van der Waals surface area contributed by atoms with Gasteiger partial charge in [0.25, 0.3) is 0 Å². The Balaban J connectivity index is 1.80. The van der Waals surface area contributed by atoms with Crippen LogP contribution in [-0.2, 0) is 26.7 Å². The summed E-state index contributed by atoms with van der Waals surface area (Å²) in [5, 5.41) is 18.1. The van der Waals surface area contributed by atoms with Gasteiger partial charge in [-0.2, -0.15) is 0 Å². The molecular weight excluding hydrogens is 556 g/mol. The van der Waals surface area contributed by atoms with Crippen LogP contribution in [0.1, 0.15) is 31.7 Å². The van der Waals surface area contributed by atoms with Gasteiger partial charge < -0.3 is 24.9 Å². The normalized spacial score (nSPS) is 18.4. The van der Waals surface area contributed by atoms with E-state index in [0.717, 1.165) is 22.5 Å². The van der Waals surface area contributed by atoms with E-state index in [1.165, 1.54) is 0 Å². The first-order valence-corrected chi connectivity index (χ1v) is 15.4. The molecule has 1 fully saturated rings. The van der Waals surface area contributed by atoms with Gasteiger partial charge in [-0.25, -0.2) is 13.4 Å². The Morgan fingerprint density at radius 2 is 1.95 bits per heavy atom. The Bertz CT molecular complexity index is 1400. The number of nitrogens with two attached hydrogens (primary N) is 1. The monoisotopic (exact) mass is 592 g/mol. The summed E-state index contributed by atoms with van der Waals surface area (Å²) in [5.74, 6) is 1.81. The summed E-state index contributed by atoms with van der Waals surface area (Å²) in [6, 6.07) is 11.5. The first-order valence-electron chi connectivity index (χ1n) is 13.1. The Labute approximate surface area is 240 Å². The molecule has 11 nitrogen and oxygen atoms in total. The Kier molecular flexibility index (Phi) is 9.36. The van der Waals surface area contributed by atoms with Crippen molar-refractivity contribution in [2.24, 2.45) is 17.6 Å². The van der Waals surface area contributed by atoms with Gasteiger partial charge in [0.15, 0.2) is 5.82 Å². The average molecular weight is 593 g/mol. The summed E-state index contributed by atoms with van der Waals surface area (Å²) in [7, 11) is -2.22. The van der Waals surface area contributed by atoms with Gasteiger partial charge in [-0.15, -0.1) is 10.2 Å². The second-order valence-corrected chi connectivity index (χ2v) is 12.9. The highest BCUT2D eigenvalue weighted by molar-refractivity contribution is 7.92. The van der Waals surface area contributed by atoms with Crippen molar-refractivity contribution in [1.29, 1.82) is 0 Å². The van der Waals surface area contributed by atoms with Crippen molar-refractivity contribution in [1.82, 2.24) is 15.2 Å². The van der Waals surface area contributed by atoms with Crippen molar-refractivity contribution in [2.45, 2.75) is 32.2 Å². The summed E-state index contributed by atoms with van der Waals surface area (Å²) < 4.78 is 37.8. The SMILES string of the molecule is COCCN(CC1CC1C)c1cc(-c2nnc([C@](C)(N)Cc3ccccc3)o2)c(Cl)c(N(CCO)S(C)(=O)=O)n1. The first kappa shape index (κ1) is 30.2. The zero-order valence-corrected chi connectivity index (χ0v) is 24.8. The molecule has 1 saturated carbocycles. The summed E-state index contributed by atoms with van der Waals surface area (Å²) in [6.07, 6.45) is 2.59. The third-order valence-corrected chi connectivity index (χ3v) is 8.57. The molecule has 13 heteroatoms. The smallest absolute Gasteiger partial charge is 0.249 e. The number of rotatable bonds is 14. The number of benzene rings is 1. The largest absolute Gasteiger partial charge is 0.419 e. The van der Waals surface area contributed by atoms with Crippen LogP contribution in [-0.4, -0.2) is 74.9 Å². The van der Waals surface area contributed by atoms with Gasteiger partial charge in [-0.3, -0.25) is 4.31 Å². The van der Waals surface area contributed by atoms with Crippen LogP contribution in [0.5, 0.6) is 0 Å². The lowest BCUT2D eigenvalue weighted by atomic mass is 9.94. The summed E-state index contributed by atoms with van der Waals surface area (Å²) in [4.78, 5) is 6.72. The van der Waals surface area contributed by atoms with Crippen LogP contribution in [0.25, 0.3) is 11.5 Å². The topological polar surface area (TPSA) is 148 Å². The van der Waals surface area contributed by atoms with Crippen molar-refractivity contribution in [3.63, 3.8) is 0 Å². The summed E-state index contributed by atoms with van der Waals surface area (Å²) in [5.41, 5.74) is 6.95. The van der Waals surface area contributed by atoms with Crippen molar-refractivity contribution < 1.29 is 22.7 Å². The van der Waals surface area contributed by atoms with E-state index in [4.69, 9.17) is 26.5 Å². The lowest BCUT2D eigenvalue weighted by Gasteiger charge is -2.28. The van der Waals surface area contributed by atoms with Crippen molar-refractivity contribution >= 4 is 33.3 Å². The van der Waals surface area contributed by atoms with Gasteiger partial charge in [-0.05, 0) is 43.2 Å². The molecule has 2 aromatic heterocycles. The van der Waals surface area contributed by atoms with Gasteiger partial charge in [0, 0.05) is 20.2 Å². The fourth-order valence-corrected chi connectivity index (χ4v) is 5.79. The van der Waals surface area contributed by atoms with Gasteiger partial charge in [0.1, 0.15) is 5.82 Å². The molecule has 2 heterocycles. The minimum Gasteiger partial charge on any atom is -0.419 e. The molecule has 2 unspecified atom stereocenters. The highest BCUT2D eigenvalue weighted by atomic mass is 35.5. The number of aliphatic hydroxyl groups excluding tert-OH is 1. The molecule has 3 atom stereocenters. The van der Waals surface area contributed by atoms with E-state index in [2.05, 4.69) is 22.1 Å². The number of aromatic nitrogens is 3. The van der Waals surface area contributed by atoms with E-state index >= 15 is 0 Å². The molecular formula is C27H37ClN6O5S. The van der Waals surface area contributed by atoms with Crippen LogP contribution >= 0.6 is 11.6 Å². The van der Waals surface area contributed by atoms with E-state index in [1.807, 2.05) is 35.2 Å². The van der Waals surface area contributed by atoms with Crippen LogP contribution < -0.4 is 14.9 Å². The number of methoxy groups -OCH3 is 1. The number of pyridine rings is 1. The molecule has 0 amide bonds. The average Bonchev–Trinajstić information content (AvgIpc) is 3.36. The predicted molar refractivity (Wildman–Crippen MR) is 155 cm³/mol. The van der Waals surface area contributed by atoms with E-state index in [-0.39, 0.29) is 29.2 Å². The molecule has 0 spiro atoms. The van der Waals surface area contributed by atoms with Gasteiger partial charge >= 0.3 is 0 Å². The maximum absolute atomic E-state index is 12.7. The zero-order valence-electron chi connectivity index (χ0n) is 23.2. The second-order valence-electron chi connectivity index (χ2n) is 10.6. The number of ether oxygens (including phenoxy) is 1. The molecule has 1 aliphatic rings. The predicted octanol–water partition coefficient (Wildman–Crippen LogP) is 3.07.